The Labute approximate surface area is 123 Å². The van der Waals surface area contributed by atoms with E-state index in [9.17, 15) is 19.1 Å². The van der Waals surface area contributed by atoms with E-state index in [1.165, 1.54) is 24.3 Å². The van der Waals surface area contributed by atoms with Crippen LogP contribution < -0.4 is 10.6 Å². The fourth-order valence-corrected chi connectivity index (χ4v) is 1.67. The molecule has 0 aliphatic heterocycles. The molecule has 2 atom stereocenters. The second kappa shape index (κ2) is 7.17. The number of halogens is 1. The molecule has 116 valence electrons. The molecule has 2 amide bonds. The lowest BCUT2D eigenvalue weighted by Crippen LogP contribution is -2.47. The van der Waals surface area contributed by atoms with Crippen molar-refractivity contribution in [3.63, 3.8) is 0 Å². The Morgan fingerprint density at radius 1 is 1.29 bits per heavy atom. The van der Waals surface area contributed by atoms with Crippen LogP contribution in [0.1, 0.15) is 27.2 Å². The third-order valence-corrected chi connectivity index (χ3v) is 3.59. The predicted molar refractivity (Wildman–Crippen MR) is 78.1 cm³/mol. The van der Waals surface area contributed by atoms with Gasteiger partial charge in [-0.15, -0.1) is 0 Å². The Morgan fingerprint density at radius 2 is 1.86 bits per heavy atom. The largest absolute Gasteiger partial charge is 0.388 e. The molecule has 1 aromatic carbocycles. The first-order valence-corrected chi connectivity index (χ1v) is 6.83. The summed E-state index contributed by atoms with van der Waals surface area (Å²) in [6.45, 7) is 5.39. The van der Waals surface area contributed by atoms with Crippen molar-refractivity contribution in [2.24, 2.45) is 5.92 Å². The monoisotopic (exact) mass is 296 g/mol. The van der Waals surface area contributed by atoms with Crippen LogP contribution in [0.15, 0.2) is 24.3 Å². The second-order valence-corrected chi connectivity index (χ2v) is 5.31. The Balaban J connectivity index is 2.52. The first-order valence-electron chi connectivity index (χ1n) is 6.83. The zero-order valence-electron chi connectivity index (χ0n) is 12.4. The minimum absolute atomic E-state index is 0.0158. The third kappa shape index (κ3) is 5.15. The van der Waals surface area contributed by atoms with E-state index < -0.39 is 23.2 Å². The molecule has 0 aliphatic rings. The number of rotatable bonds is 5. The number of carbonyl (C=O) groups excluding carboxylic acids is 2. The number of nitrogens with one attached hydrogen (secondary N) is 2. The molecule has 1 aromatic rings. The molecule has 1 rings (SSSR count). The molecule has 0 spiro atoms. The summed E-state index contributed by atoms with van der Waals surface area (Å²) in [6, 6.07) is 5.08. The van der Waals surface area contributed by atoms with E-state index in [4.69, 9.17) is 0 Å². The smallest absolute Gasteiger partial charge is 0.313 e. The molecule has 3 N–H and O–H groups in total. The standard InChI is InChI=1S/C15H21FN2O3/c1-4-10(2)15(3,21)9-17-13(19)14(20)18-12-7-5-11(16)6-8-12/h5-8,10,21H,4,9H2,1-3H3,(H,17,19)(H,18,20)/t10-,15-/m1/s1. The second-order valence-electron chi connectivity index (χ2n) is 5.31. The highest BCUT2D eigenvalue weighted by Crippen LogP contribution is 2.18. The molecule has 0 radical (unpaired) electrons. The lowest BCUT2D eigenvalue weighted by molar-refractivity contribution is -0.137. The zero-order chi connectivity index (χ0) is 16.0. The fraction of sp³-hybridized carbons (Fsp3) is 0.467. The van der Waals surface area contributed by atoms with Crippen molar-refractivity contribution in [3.05, 3.63) is 30.1 Å². The molecular formula is C15H21FN2O3. The SMILES string of the molecule is CC[C@@H](C)[C@](C)(O)CNC(=O)C(=O)Nc1ccc(F)cc1. The Kier molecular flexibility index (Phi) is 5.84. The maximum absolute atomic E-state index is 12.7. The number of anilines is 1. The fourth-order valence-electron chi connectivity index (χ4n) is 1.67. The summed E-state index contributed by atoms with van der Waals surface area (Å²) < 4.78 is 12.7. The van der Waals surface area contributed by atoms with Crippen molar-refractivity contribution in [1.29, 1.82) is 0 Å². The molecule has 0 aromatic heterocycles. The normalized spacial score (nSPS) is 14.9. The van der Waals surface area contributed by atoms with Gasteiger partial charge >= 0.3 is 11.8 Å². The minimum atomic E-state index is -1.08. The topological polar surface area (TPSA) is 78.4 Å². The summed E-state index contributed by atoms with van der Waals surface area (Å²) in [7, 11) is 0. The summed E-state index contributed by atoms with van der Waals surface area (Å²) in [4.78, 5) is 23.3. The first kappa shape index (κ1) is 17.1. The molecule has 5 nitrogen and oxygen atoms in total. The Bertz CT molecular complexity index is 500. The van der Waals surface area contributed by atoms with Crippen molar-refractivity contribution in [3.8, 4) is 0 Å². The van der Waals surface area contributed by atoms with Crippen molar-refractivity contribution in [2.75, 3.05) is 11.9 Å². The van der Waals surface area contributed by atoms with Gasteiger partial charge in [-0.3, -0.25) is 9.59 Å². The van der Waals surface area contributed by atoms with E-state index in [0.29, 0.717) is 5.69 Å². The van der Waals surface area contributed by atoms with Gasteiger partial charge in [0.05, 0.1) is 5.60 Å². The third-order valence-electron chi connectivity index (χ3n) is 3.59. The van der Waals surface area contributed by atoms with Gasteiger partial charge in [-0.2, -0.15) is 0 Å². The van der Waals surface area contributed by atoms with E-state index in [2.05, 4.69) is 10.6 Å². The van der Waals surface area contributed by atoms with E-state index in [1.807, 2.05) is 13.8 Å². The minimum Gasteiger partial charge on any atom is -0.388 e. The molecule has 0 fully saturated rings. The van der Waals surface area contributed by atoms with Crippen LogP contribution in [-0.4, -0.2) is 29.1 Å². The van der Waals surface area contributed by atoms with Crippen LogP contribution in [0.4, 0.5) is 10.1 Å². The molecule has 0 saturated carbocycles. The number of hydrogen-bond acceptors (Lipinski definition) is 3. The highest BCUT2D eigenvalue weighted by atomic mass is 19.1. The average molecular weight is 296 g/mol. The van der Waals surface area contributed by atoms with Crippen molar-refractivity contribution in [2.45, 2.75) is 32.8 Å². The summed E-state index contributed by atoms with van der Waals surface area (Å²) in [5.74, 6) is -2.15. The van der Waals surface area contributed by atoms with Gasteiger partial charge in [-0.1, -0.05) is 20.3 Å². The summed E-state index contributed by atoms with van der Waals surface area (Å²) >= 11 is 0. The van der Waals surface area contributed by atoms with Gasteiger partial charge in [0.2, 0.25) is 0 Å². The maximum atomic E-state index is 12.7. The lowest BCUT2D eigenvalue weighted by Gasteiger charge is -2.29. The van der Waals surface area contributed by atoms with Gasteiger partial charge in [0.25, 0.3) is 0 Å². The highest BCUT2D eigenvalue weighted by Gasteiger charge is 2.28. The van der Waals surface area contributed by atoms with Gasteiger partial charge in [0, 0.05) is 12.2 Å². The van der Waals surface area contributed by atoms with Gasteiger partial charge in [0.15, 0.2) is 0 Å². The zero-order valence-corrected chi connectivity index (χ0v) is 12.4. The summed E-state index contributed by atoms with van der Waals surface area (Å²) in [6.07, 6.45) is 0.755. The molecular weight excluding hydrogens is 275 g/mol. The van der Waals surface area contributed by atoms with Crippen LogP contribution in [0.2, 0.25) is 0 Å². The molecule has 0 unspecified atom stereocenters. The Hall–Kier alpha value is -1.95. The van der Waals surface area contributed by atoms with Crippen LogP contribution in [0.5, 0.6) is 0 Å². The van der Waals surface area contributed by atoms with Crippen molar-refractivity contribution in [1.82, 2.24) is 5.32 Å². The molecule has 21 heavy (non-hydrogen) atoms. The summed E-state index contributed by atoms with van der Waals surface area (Å²) in [5, 5.41) is 14.9. The first-order chi connectivity index (χ1) is 9.76. The van der Waals surface area contributed by atoms with Gasteiger partial charge in [0.1, 0.15) is 5.82 Å². The number of carbonyl (C=O) groups is 2. The van der Waals surface area contributed by atoms with Crippen LogP contribution in [0, 0.1) is 11.7 Å². The molecule has 0 saturated heterocycles. The Morgan fingerprint density at radius 3 is 2.38 bits per heavy atom. The van der Waals surface area contributed by atoms with Crippen LogP contribution in [0.3, 0.4) is 0 Å². The quantitative estimate of drug-likeness (QED) is 0.723. The molecule has 6 heteroatoms. The van der Waals surface area contributed by atoms with Gasteiger partial charge < -0.3 is 15.7 Å². The van der Waals surface area contributed by atoms with E-state index in [0.717, 1.165) is 6.42 Å². The highest BCUT2D eigenvalue weighted by molar-refractivity contribution is 6.39. The average Bonchev–Trinajstić information content (AvgIpc) is 2.46. The molecule has 0 heterocycles. The lowest BCUT2D eigenvalue weighted by atomic mass is 9.89. The van der Waals surface area contributed by atoms with Crippen LogP contribution in [0.25, 0.3) is 0 Å². The van der Waals surface area contributed by atoms with E-state index >= 15 is 0 Å². The number of aliphatic hydroxyl groups is 1. The van der Waals surface area contributed by atoms with Gasteiger partial charge in [-0.25, -0.2) is 4.39 Å². The van der Waals surface area contributed by atoms with E-state index in [1.54, 1.807) is 6.92 Å². The van der Waals surface area contributed by atoms with Crippen LogP contribution in [-0.2, 0) is 9.59 Å². The van der Waals surface area contributed by atoms with E-state index in [-0.39, 0.29) is 12.5 Å². The van der Waals surface area contributed by atoms with Crippen molar-refractivity contribution < 1.29 is 19.1 Å². The number of benzene rings is 1. The number of amides is 2. The van der Waals surface area contributed by atoms with Crippen LogP contribution >= 0.6 is 0 Å². The maximum Gasteiger partial charge on any atom is 0.313 e. The van der Waals surface area contributed by atoms with Gasteiger partial charge in [-0.05, 0) is 37.1 Å². The summed E-state index contributed by atoms with van der Waals surface area (Å²) in [5.41, 5.74) is -0.758. The number of hydrogen-bond donors (Lipinski definition) is 3. The molecule has 0 aliphatic carbocycles. The predicted octanol–water partition coefficient (Wildman–Crippen LogP) is 1.68. The molecule has 0 bridgehead atoms. The van der Waals surface area contributed by atoms with Crippen molar-refractivity contribution >= 4 is 17.5 Å².